The van der Waals surface area contributed by atoms with Gasteiger partial charge in [-0.1, -0.05) is 24.3 Å². The Bertz CT molecular complexity index is 874. The van der Waals surface area contributed by atoms with Gasteiger partial charge >= 0.3 is 0 Å². The highest BCUT2D eigenvalue weighted by Gasteiger charge is 2.23. The topological polar surface area (TPSA) is 42.0 Å². The Balaban J connectivity index is 1.49. The van der Waals surface area contributed by atoms with Crippen LogP contribution in [0.25, 0.3) is 0 Å². The number of hydrogen-bond acceptors (Lipinski definition) is 4. The number of nitrogens with zero attached hydrogens (tertiary/aromatic N) is 2. The van der Waals surface area contributed by atoms with Gasteiger partial charge in [0.25, 0.3) is 0 Å². The number of likely N-dealkylation sites (N-methyl/N-ethyl adjacent to an activating group) is 1. The molecular formula is C25H33FN2O3. The van der Waals surface area contributed by atoms with E-state index in [1.165, 1.54) is 6.07 Å². The number of hydrogen-bond donors (Lipinski definition) is 0. The van der Waals surface area contributed by atoms with Crippen LogP contribution in [0.5, 0.6) is 11.5 Å². The zero-order valence-corrected chi connectivity index (χ0v) is 18.8. The van der Waals surface area contributed by atoms with E-state index in [0.29, 0.717) is 30.3 Å². The Kier molecular flexibility index (Phi) is 8.29. The Hall–Kier alpha value is -2.60. The molecule has 2 aromatic rings. The zero-order chi connectivity index (χ0) is 22.2. The van der Waals surface area contributed by atoms with E-state index in [2.05, 4.69) is 4.90 Å². The van der Waals surface area contributed by atoms with Crippen molar-refractivity contribution in [3.05, 3.63) is 59.4 Å². The first-order valence-electron chi connectivity index (χ1n) is 10.9. The molecule has 1 aliphatic rings. The first kappa shape index (κ1) is 23.1. The number of benzene rings is 2. The van der Waals surface area contributed by atoms with Crippen molar-refractivity contribution < 1.29 is 18.7 Å². The van der Waals surface area contributed by atoms with Gasteiger partial charge in [0.1, 0.15) is 5.82 Å². The van der Waals surface area contributed by atoms with Crippen molar-refractivity contribution in [3.8, 4) is 11.5 Å². The fourth-order valence-corrected chi connectivity index (χ4v) is 4.27. The lowest BCUT2D eigenvalue weighted by molar-refractivity contribution is -0.130. The van der Waals surface area contributed by atoms with Crippen LogP contribution in [-0.4, -0.2) is 63.2 Å². The van der Waals surface area contributed by atoms with Crippen LogP contribution in [-0.2, 0) is 17.6 Å². The molecule has 0 saturated carbocycles. The molecule has 1 atom stereocenters. The third-order valence-corrected chi connectivity index (χ3v) is 6.02. The van der Waals surface area contributed by atoms with E-state index in [4.69, 9.17) is 9.47 Å². The molecular weight excluding hydrogens is 395 g/mol. The van der Waals surface area contributed by atoms with Crippen molar-refractivity contribution in [2.75, 3.05) is 47.4 Å². The van der Waals surface area contributed by atoms with Crippen LogP contribution in [0.2, 0.25) is 0 Å². The van der Waals surface area contributed by atoms with Crippen molar-refractivity contribution in [2.24, 2.45) is 5.92 Å². The molecule has 168 valence electrons. The minimum absolute atomic E-state index is 0.0932. The summed E-state index contributed by atoms with van der Waals surface area (Å²) >= 11 is 0. The van der Waals surface area contributed by atoms with Gasteiger partial charge in [-0.25, -0.2) is 4.39 Å². The second-order valence-corrected chi connectivity index (χ2v) is 8.29. The smallest absolute Gasteiger partial charge is 0.226 e. The van der Waals surface area contributed by atoms with E-state index in [0.717, 1.165) is 50.1 Å². The molecule has 31 heavy (non-hydrogen) atoms. The zero-order valence-electron chi connectivity index (χ0n) is 18.8. The second kappa shape index (κ2) is 11.1. The fraction of sp³-hybridized carbons (Fsp3) is 0.480. The van der Waals surface area contributed by atoms with Gasteiger partial charge in [0.15, 0.2) is 11.5 Å². The summed E-state index contributed by atoms with van der Waals surface area (Å²) in [5.41, 5.74) is 1.68. The third kappa shape index (κ3) is 6.44. The van der Waals surface area contributed by atoms with Crippen LogP contribution in [0.15, 0.2) is 42.5 Å². The lowest BCUT2D eigenvalue weighted by Crippen LogP contribution is -2.42. The highest BCUT2D eigenvalue weighted by Crippen LogP contribution is 2.28. The van der Waals surface area contributed by atoms with Gasteiger partial charge in [-0.05, 0) is 61.1 Å². The van der Waals surface area contributed by atoms with E-state index in [1.54, 1.807) is 20.3 Å². The van der Waals surface area contributed by atoms with Gasteiger partial charge in [0, 0.05) is 26.7 Å². The highest BCUT2D eigenvalue weighted by atomic mass is 19.1. The van der Waals surface area contributed by atoms with Crippen molar-refractivity contribution >= 4 is 5.91 Å². The summed E-state index contributed by atoms with van der Waals surface area (Å²) in [6.45, 7) is 3.57. The normalized spacial score (nSPS) is 16.7. The predicted octanol–water partition coefficient (Wildman–Crippen LogP) is 3.80. The van der Waals surface area contributed by atoms with Crippen molar-refractivity contribution in [3.63, 3.8) is 0 Å². The molecule has 0 spiro atoms. The number of carbonyl (C=O) groups is 1. The number of ether oxygens (including phenoxy) is 2. The third-order valence-electron chi connectivity index (χ3n) is 6.02. The average molecular weight is 429 g/mol. The lowest BCUT2D eigenvalue weighted by atomic mass is 9.96. The molecule has 1 amide bonds. The van der Waals surface area contributed by atoms with Crippen LogP contribution in [0.3, 0.4) is 0 Å². The Morgan fingerprint density at radius 1 is 1.16 bits per heavy atom. The SMILES string of the molecule is COc1ccc(CC(=O)N(C)CC2CCCN(CCc3ccccc3F)C2)cc1OC. The molecule has 0 aromatic heterocycles. The van der Waals surface area contributed by atoms with Crippen LogP contribution in [0.4, 0.5) is 4.39 Å². The van der Waals surface area contributed by atoms with E-state index < -0.39 is 0 Å². The number of methoxy groups -OCH3 is 2. The molecule has 3 rings (SSSR count). The largest absolute Gasteiger partial charge is 0.493 e. The molecule has 0 radical (unpaired) electrons. The van der Waals surface area contributed by atoms with Gasteiger partial charge < -0.3 is 19.3 Å². The molecule has 1 saturated heterocycles. The number of amides is 1. The number of carbonyl (C=O) groups excluding carboxylic acids is 1. The first-order valence-corrected chi connectivity index (χ1v) is 10.9. The molecule has 0 aliphatic carbocycles. The Labute approximate surface area is 184 Å². The molecule has 1 fully saturated rings. The summed E-state index contributed by atoms with van der Waals surface area (Å²) in [4.78, 5) is 17.0. The van der Waals surface area contributed by atoms with Crippen LogP contribution in [0.1, 0.15) is 24.0 Å². The first-order chi connectivity index (χ1) is 15.0. The number of halogens is 1. The maximum Gasteiger partial charge on any atom is 0.226 e. The van der Waals surface area contributed by atoms with Gasteiger partial charge in [-0.2, -0.15) is 0 Å². The summed E-state index contributed by atoms with van der Waals surface area (Å²) in [7, 11) is 5.07. The second-order valence-electron chi connectivity index (χ2n) is 8.29. The summed E-state index contributed by atoms with van der Waals surface area (Å²) in [6.07, 6.45) is 3.28. The minimum atomic E-state index is -0.128. The molecule has 2 aromatic carbocycles. The number of piperidine rings is 1. The minimum Gasteiger partial charge on any atom is -0.493 e. The molecule has 1 heterocycles. The maximum absolute atomic E-state index is 13.9. The molecule has 5 nitrogen and oxygen atoms in total. The van der Waals surface area contributed by atoms with E-state index in [9.17, 15) is 9.18 Å². The Morgan fingerprint density at radius 3 is 2.68 bits per heavy atom. The van der Waals surface area contributed by atoms with Crippen molar-refractivity contribution in [2.45, 2.75) is 25.7 Å². The standard InChI is InChI=1S/C25H33FN2O3/c1-27(25(29)16-19-10-11-23(30-2)24(15-19)31-3)17-20-7-6-13-28(18-20)14-12-21-8-4-5-9-22(21)26/h4-5,8-11,15,20H,6-7,12-14,16-18H2,1-3H3. The molecule has 1 unspecified atom stereocenters. The number of rotatable bonds is 9. The van der Waals surface area contributed by atoms with E-state index >= 15 is 0 Å². The summed E-state index contributed by atoms with van der Waals surface area (Å²) < 4.78 is 24.5. The van der Waals surface area contributed by atoms with Gasteiger partial charge in [0.05, 0.1) is 20.6 Å². The van der Waals surface area contributed by atoms with E-state index in [1.807, 2.05) is 42.3 Å². The maximum atomic E-state index is 13.9. The molecule has 0 N–H and O–H groups in total. The van der Waals surface area contributed by atoms with Gasteiger partial charge in [-0.3, -0.25) is 4.79 Å². The lowest BCUT2D eigenvalue weighted by Gasteiger charge is -2.34. The molecule has 6 heteroatoms. The summed E-state index contributed by atoms with van der Waals surface area (Å²) in [5.74, 6) is 1.69. The van der Waals surface area contributed by atoms with E-state index in [-0.39, 0.29) is 11.7 Å². The summed E-state index contributed by atoms with van der Waals surface area (Å²) in [6, 6.07) is 12.6. The highest BCUT2D eigenvalue weighted by molar-refractivity contribution is 5.78. The van der Waals surface area contributed by atoms with Crippen molar-refractivity contribution in [1.82, 2.24) is 9.80 Å². The van der Waals surface area contributed by atoms with Crippen LogP contribution in [0, 0.1) is 11.7 Å². The van der Waals surface area contributed by atoms with Gasteiger partial charge in [-0.15, -0.1) is 0 Å². The molecule has 0 bridgehead atoms. The molecule has 1 aliphatic heterocycles. The average Bonchev–Trinajstić information content (AvgIpc) is 2.78. The van der Waals surface area contributed by atoms with Crippen LogP contribution >= 0.6 is 0 Å². The van der Waals surface area contributed by atoms with Crippen molar-refractivity contribution in [1.29, 1.82) is 0 Å². The van der Waals surface area contributed by atoms with Gasteiger partial charge in [0.2, 0.25) is 5.91 Å². The summed E-state index contributed by atoms with van der Waals surface area (Å²) in [5, 5.41) is 0. The van der Waals surface area contributed by atoms with Crippen LogP contribution < -0.4 is 9.47 Å². The monoisotopic (exact) mass is 428 g/mol. The predicted molar refractivity (Wildman–Crippen MR) is 120 cm³/mol. The quantitative estimate of drug-likeness (QED) is 0.609. The fourth-order valence-electron chi connectivity index (χ4n) is 4.27. The Morgan fingerprint density at radius 2 is 1.94 bits per heavy atom. The number of likely N-dealkylation sites (tertiary alicyclic amines) is 1.